The van der Waals surface area contributed by atoms with Crippen LogP contribution in [0, 0.1) is 0 Å². The van der Waals surface area contributed by atoms with E-state index >= 15 is 0 Å². The Bertz CT molecular complexity index is 1620. The number of carbonyl (C=O) groups is 1. The quantitative estimate of drug-likeness (QED) is 0.223. The molecular weight excluding hydrogens is 498 g/mol. The molecule has 1 aliphatic carbocycles. The van der Waals surface area contributed by atoms with E-state index in [0.717, 1.165) is 69.0 Å². The van der Waals surface area contributed by atoms with Crippen LogP contribution in [0.25, 0.3) is 10.9 Å². The van der Waals surface area contributed by atoms with Gasteiger partial charge in [-0.05, 0) is 67.1 Å². The lowest BCUT2D eigenvalue weighted by atomic mass is 9.95. The number of nitrogens with one attached hydrogen (secondary N) is 1. The van der Waals surface area contributed by atoms with Crippen molar-refractivity contribution in [2.75, 3.05) is 5.32 Å². The molecule has 2 heterocycles. The van der Waals surface area contributed by atoms with Crippen LogP contribution in [0.4, 0.5) is 10.7 Å². The summed E-state index contributed by atoms with van der Waals surface area (Å²) in [6, 6.07) is 25.9. The fraction of sp³-hybridized carbons (Fsp3) is 0.161. The highest BCUT2D eigenvalue weighted by molar-refractivity contribution is 7.16. The number of thiophene rings is 1. The second-order valence-electron chi connectivity index (χ2n) is 9.33. The second kappa shape index (κ2) is 10.4. The molecule has 0 atom stereocenters. The minimum absolute atomic E-state index is 0.0823. The number of nitrogens with zero attached hydrogens (tertiary/aromatic N) is 2. The Morgan fingerprint density at radius 3 is 2.68 bits per heavy atom. The molecule has 0 aliphatic heterocycles. The smallest absolute Gasteiger partial charge is 0.259 e. The van der Waals surface area contributed by atoms with Crippen LogP contribution in [0.1, 0.15) is 44.8 Å². The zero-order valence-electron chi connectivity index (χ0n) is 20.3. The van der Waals surface area contributed by atoms with Crippen LogP contribution in [-0.4, -0.2) is 16.7 Å². The Balaban J connectivity index is 1.36. The van der Waals surface area contributed by atoms with Gasteiger partial charge in [-0.1, -0.05) is 60.1 Å². The van der Waals surface area contributed by atoms with Gasteiger partial charge in [0.25, 0.3) is 5.91 Å². The van der Waals surface area contributed by atoms with E-state index in [1.165, 1.54) is 10.4 Å². The van der Waals surface area contributed by atoms with Crippen molar-refractivity contribution in [3.63, 3.8) is 0 Å². The molecule has 5 aromatic rings. The number of aliphatic imine (C=N–C) groups is 1. The lowest BCUT2D eigenvalue weighted by Gasteiger charge is -2.12. The number of aromatic nitrogens is 1. The molecular formula is C31H26ClN3OS. The largest absolute Gasteiger partial charge is 0.342 e. The van der Waals surface area contributed by atoms with Crippen LogP contribution in [0.15, 0.2) is 90.1 Å². The fourth-order valence-corrected chi connectivity index (χ4v) is 6.50. The number of fused-ring (bicyclic) bond motifs is 2. The number of rotatable bonds is 6. The molecule has 0 unspecified atom stereocenters. The van der Waals surface area contributed by atoms with Crippen molar-refractivity contribution in [3.05, 3.63) is 117 Å². The maximum Gasteiger partial charge on any atom is 0.259 e. The molecule has 0 fully saturated rings. The molecule has 1 aliphatic rings. The SMILES string of the molecule is O=C(Nc1ccccc1)c1c(N=Cc2cn(Cc3cccc(Cl)c3)c3ccccc23)sc2c1CCCC2. The summed E-state index contributed by atoms with van der Waals surface area (Å²) in [5.74, 6) is -0.0823. The third-order valence-electron chi connectivity index (χ3n) is 6.79. The van der Waals surface area contributed by atoms with E-state index in [-0.39, 0.29) is 5.91 Å². The van der Waals surface area contributed by atoms with E-state index in [9.17, 15) is 4.79 Å². The minimum Gasteiger partial charge on any atom is -0.342 e. The molecule has 1 amide bonds. The summed E-state index contributed by atoms with van der Waals surface area (Å²) < 4.78 is 2.23. The molecule has 2 aromatic heterocycles. The van der Waals surface area contributed by atoms with E-state index in [4.69, 9.17) is 16.6 Å². The summed E-state index contributed by atoms with van der Waals surface area (Å²) in [7, 11) is 0. The molecule has 6 heteroatoms. The van der Waals surface area contributed by atoms with Gasteiger partial charge in [0.05, 0.1) is 5.56 Å². The summed E-state index contributed by atoms with van der Waals surface area (Å²) in [6.45, 7) is 0.715. The molecule has 0 spiro atoms. The number of amides is 1. The molecule has 184 valence electrons. The van der Waals surface area contributed by atoms with Crippen LogP contribution >= 0.6 is 22.9 Å². The van der Waals surface area contributed by atoms with Crippen LogP contribution in [-0.2, 0) is 19.4 Å². The Kier molecular flexibility index (Phi) is 6.64. The summed E-state index contributed by atoms with van der Waals surface area (Å²) >= 11 is 7.88. The van der Waals surface area contributed by atoms with Gasteiger partial charge in [-0.3, -0.25) is 4.79 Å². The van der Waals surface area contributed by atoms with Gasteiger partial charge in [-0.2, -0.15) is 0 Å². The molecule has 1 N–H and O–H groups in total. The van der Waals surface area contributed by atoms with Gasteiger partial charge in [0.1, 0.15) is 5.00 Å². The van der Waals surface area contributed by atoms with Gasteiger partial charge in [-0.25, -0.2) is 4.99 Å². The molecule has 6 rings (SSSR count). The van der Waals surface area contributed by atoms with Gasteiger partial charge >= 0.3 is 0 Å². The fourth-order valence-electron chi connectivity index (χ4n) is 5.06. The maximum atomic E-state index is 13.4. The third-order valence-corrected chi connectivity index (χ3v) is 8.23. The molecule has 3 aromatic carbocycles. The zero-order chi connectivity index (χ0) is 25.2. The van der Waals surface area contributed by atoms with E-state index in [1.54, 1.807) is 11.3 Å². The number of aryl methyl sites for hydroxylation is 1. The highest BCUT2D eigenvalue weighted by Crippen LogP contribution is 2.40. The predicted octanol–water partition coefficient (Wildman–Crippen LogP) is 8.29. The Morgan fingerprint density at radius 2 is 1.81 bits per heavy atom. The Labute approximate surface area is 225 Å². The Morgan fingerprint density at radius 1 is 1.00 bits per heavy atom. The van der Waals surface area contributed by atoms with Gasteiger partial charge in [0.2, 0.25) is 0 Å². The summed E-state index contributed by atoms with van der Waals surface area (Å²) in [4.78, 5) is 19.7. The Hall–Kier alpha value is -3.67. The van der Waals surface area contributed by atoms with Crippen molar-refractivity contribution in [2.45, 2.75) is 32.2 Å². The highest BCUT2D eigenvalue weighted by Gasteiger charge is 2.25. The lowest BCUT2D eigenvalue weighted by Crippen LogP contribution is -2.14. The third kappa shape index (κ3) is 4.97. The van der Waals surface area contributed by atoms with Gasteiger partial charge in [-0.15, -0.1) is 11.3 Å². The van der Waals surface area contributed by atoms with Crippen molar-refractivity contribution in [2.24, 2.45) is 4.99 Å². The van der Waals surface area contributed by atoms with Crippen molar-refractivity contribution in [3.8, 4) is 0 Å². The lowest BCUT2D eigenvalue weighted by molar-refractivity contribution is 0.102. The first-order valence-electron chi connectivity index (χ1n) is 12.5. The molecule has 0 saturated heterocycles. The average molecular weight is 524 g/mol. The van der Waals surface area contributed by atoms with Gasteiger partial charge in [0, 0.05) is 51.0 Å². The van der Waals surface area contributed by atoms with E-state index < -0.39 is 0 Å². The van der Waals surface area contributed by atoms with Crippen molar-refractivity contribution in [1.82, 2.24) is 4.57 Å². The average Bonchev–Trinajstić information content (AvgIpc) is 3.46. The van der Waals surface area contributed by atoms with Crippen molar-refractivity contribution < 1.29 is 4.79 Å². The normalized spacial score (nSPS) is 13.2. The first-order valence-corrected chi connectivity index (χ1v) is 13.7. The predicted molar refractivity (Wildman–Crippen MR) is 155 cm³/mol. The number of benzene rings is 3. The zero-order valence-corrected chi connectivity index (χ0v) is 21.9. The molecule has 0 saturated carbocycles. The molecule has 0 bridgehead atoms. The van der Waals surface area contributed by atoms with Gasteiger partial charge in [0.15, 0.2) is 0 Å². The molecule has 4 nitrogen and oxygen atoms in total. The summed E-state index contributed by atoms with van der Waals surface area (Å²) in [6.07, 6.45) is 8.25. The number of para-hydroxylation sites is 2. The standard InChI is InChI=1S/C31H26ClN3OS/c32-23-10-8-9-21(17-23)19-35-20-22(25-13-4-6-15-27(25)35)18-33-31-29(26-14-5-7-16-28(26)37-31)30(36)34-24-11-2-1-3-12-24/h1-4,6,8-13,15,17-18,20H,5,7,14,16,19H2,(H,34,36). The van der Waals surface area contributed by atoms with Crippen LogP contribution in [0.3, 0.4) is 0 Å². The highest BCUT2D eigenvalue weighted by atomic mass is 35.5. The second-order valence-corrected chi connectivity index (χ2v) is 10.8. The molecule has 37 heavy (non-hydrogen) atoms. The topological polar surface area (TPSA) is 46.4 Å². The molecule has 0 radical (unpaired) electrons. The summed E-state index contributed by atoms with van der Waals surface area (Å²) in [5, 5.41) is 5.73. The van der Waals surface area contributed by atoms with Gasteiger partial charge < -0.3 is 9.88 Å². The number of hydrogen-bond donors (Lipinski definition) is 1. The van der Waals surface area contributed by atoms with Crippen molar-refractivity contribution in [1.29, 1.82) is 0 Å². The number of halogens is 1. The first kappa shape index (κ1) is 23.7. The van der Waals surface area contributed by atoms with Crippen molar-refractivity contribution >= 4 is 56.7 Å². The number of anilines is 1. The van der Waals surface area contributed by atoms with E-state index in [0.29, 0.717) is 6.54 Å². The van der Waals surface area contributed by atoms with E-state index in [2.05, 4.69) is 40.3 Å². The minimum atomic E-state index is -0.0823. The number of hydrogen-bond acceptors (Lipinski definition) is 3. The van der Waals surface area contributed by atoms with Crippen LogP contribution < -0.4 is 5.32 Å². The first-order chi connectivity index (χ1) is 18.2. The van der Waals surface area contributed by atoms with Crippen LogP contribution in [0.5, 0.6) is 0 Å². The van der Waals surface area contributed by atoms with E-state index in [1.807, 2.05) is 60.8 Å². The summed E-state index contributed by atoms with van der Waals surface area (Å²) in [5.41, 5.74) is 5.99. The van der Waals surface area contributed by atoms with Crippen LogP contribution in [0.2, 0.25) is 5.02 Å². The maximum absolute atomic E-state index is 13.4. The number of carbonyl (C=O) groups excluding carboxylic acids is 1. The monoisotopic (exact) mass is 523 g/mol.